The molecule has 5 heteroatoms. The van der Waals surface area contributed by atoms with Crippen molar-refractivity contribution in [2.45, 2.75) is 43.3 Å². The lowest BCUT2D eigenvalue weighted by Crippen LogP contribution is -2.47. The Balaban J connectivity index is 1.90. The highest BCUT2D eigenvalue weighted by Crippen LogP contribution is 2.34. The van der Waals surface area contributed by atoms with Crippen LogP contribution in [0.4, 0.5) is 0 Å². The second-order valence-corrected chi connectivity index (χ2v) is 9.42. The van der Waals surface area contributed by atoms with E-state index in [9.17, 15) is 4.79 Å². The van der Waals surface area contributed by atoms with E-state index in [1.54, 1.807) is 11.8 Å². The molecule has 0 spiro atoms. The molecule has 1 heterocycles. The minimum atomic E-state index is -0.475. The number of halogens is 1. The summed E-state index contributed by atoms with van der Waals surface area (Å²) < 4.78 is 0.579. The fourth-order valence-electron chi connectivity index (χ4n) is 2.56. The van der Waals surface area contributed by atoms with E-state index in [4.69, 9.17) is 0 Å². The third-order valence-corrected chi connectivity index (χ3v) is 5.95. The van der Waals surface area contributed by atoms with Gasteiger partial charge in [0.25, 0.3) is 0 Å². The first-order valence-electron chi connectivity index (χ1n) is 7.74. The van der Waals surface area contributed by atoms with Gasteiger partial charge >= 0.3 is 0 Å². The van der Waals surface area contributed by atoms with Gasteiger partial charge in [0.2, 0.25) is 5.91 Å². The molecule has 1 saturated heterocycles. The quantitative estimate of drug-likeness (QED) is 0.757. The average Bonchev–Trinajstić information content (AvgIpc) is 2.48. The minimum absolute atomic E-state index is 0.111. The van der Waals surface area contributed by atoms with E-state index >= 15 is 0 Å². The first-order chi connectivity index (χ1) is 10.3. The normalized spacial score (nSPS) is 18.0. The van der Waals surface area contributed by atoms with Crippen molar-refractivity contribution in [3.63, 3.8) is 0 Å². The van der Waals surface area contributed by atoms with Crippen molar-refractivity contribution in [2.75, 3.05) is 19.6 Å². The molecule has 2 rings (SSSR count). The molecule has 1 aromatic carbocycles. The van der Waals surface area contributed by atoms with Crippen LogP contribution in [-0.2, 0) is 4.79 Å². The predicted molar refractivity (Wildman–Crippen MR) is 97.3 cm³/mol. The summed E-state index contributed by atoms with van der Waals surface area (Å²) in [7, 11) is 0. The van der Waals surface area contributed by atoms with E-state index in [1.165, 1.54) is 0 Å². The fourth-order valence-corrected chi connectivity index (χ4v) is 3.85. The highest BCUT2D eigenvalue weighted by atomic mass is 79.9. The first-order valence-corrected chi connectivity index (χ1v) is 9.35. The summed E-state index contributed by atoms with van der Waals surface area (Å²) in [6.07, 6.45) is 2.24. The topological polar surface area (TPSA) is 41.1 Å². The fraction of sp³-hybridized carbons (Fsp3) is 0.588. The van der Waals surface area contributed by atoms with E-state index < -0.39 is 4.75 Å². The maximum Gasteiger partial charge on any atom is 0.236 e. The van der Waals surface area contributed by atoms with Gasteiger partial charge in [-0.1, -0.05) is 22.9 Å². The number of hydrogen-bond acceptors (Lipinski definition) is 3. The van der Waals surface area contributed by atoms with Gasteiger partial charge in [0.15, 0.2) is 0 Å². The van der Waals surface area contributed by atoms with E-state index in [0.717, 1.165) is 41.8 Å². The van der Waals surface area contributed by atoms with Crippen LogP contribution < -0.4 is 10.6 Å². The summed E-state index contributed by atoms with van der Waals surface area (Å²) >= 11 is 5.04. The molecule has 1 amide bonds. The Morgan fingerprint density at radius 1 is 1.32 bits per heavy atom. The van der Waals surface area contributed by atoms with Gasteiger partial charge in [-0.2, -0.15) is 0 Å². The van der Waals surface area contributed by atoms with Gasteiger partial charge in [0.05, 0.1) is 4.75 Å². The van der Waals surface area contributed by atoms with Gasteiger partial charge in [-0.15, -0.1) is 11.8 Å². The summed E-state index contributed by atoms with van der Waals surface area (Å²) in [5.41, 5.74) is 0.221. The Bertz CT molecular complexity index is 510. The van der Waals surface area contributed by atoms with Gasteiger partial charge in [-0.05, 0) is 69.5 Å². The predicted octanol–water partition coefficient (Wildman–Crippen LogP) is 3.83. The van der Waals surface area contributed by atoms with Crippen LogP contribution in [-0.4, -0.2) is 30.3 Å². The van der Waals surface area contributed by atoms with Gasteiger partial charge in [0, 0.05) is 15.9 Å². The lowest BCUT2D eigenvalue weighted by molar-refractivity contribution is -0.123. The van der Waals surface area contributed by atoms with Crippen molar-refractivity contribution in [2.24, 2.45) is 5.41 Å². The van der Waals surface area contributed by atoms with Crippen molar-refractivity contribution in [3.05, 3.63) is 28.7 Å². The standard InChI is InChI=1S/C17H25BrN2OS/c1-16(2,22-14-6-4-13(18)5-7-14)15(21)20-12-17(3)8-10-19-11-9-17/h4-7,19H,8-12H2,1-3H3,(H,20,21). The van der Waals surface area contributed by atoms with Gasteiger partial charge in [-0.25, -0.2) is 0 Å². The molecule has 122 valence electrons. The number of nitrogens with one attached hydrogen (secondary N) is 2. The second-order valence-electron chi connectivity index (χ2n) is 6.81. The Hall–Kier alpha value is -0.520. The van der Waals surface area contributed by atoms with Crippen LogP contribution in [0, 0.1) is 5.41 Å². The Kier molecular flexibility index (Phi) is 5.97. The first kappa shape index (κ1) is 17.8. The van der Waals surface area contributed by atoms with Gasteiger partial charge in [0.1, 0.15) is 0 Å². The van der Waals surface area contributed by atoms with Crippen molar-refractivity contribution in [3.8, 4) is 0 Å². The maximum absolute atomic E-state index is 12.6. The van der Waals surface area contributed by atoms with E-state index in [2.05, 4.69) is 33.5 Å². The van der Waals surface area contributed by atoms with Gasteiger partial charge in [-0.3, -0.25) is 4.79 Å². The zero-order valence-electron chi connectivity index (χ0n) is 13.5. The smallest absolute Gasteiger partial charge is 0.236 e. The summed E-state index contributed by atoms with van der Waals surface area (Å²) in [5.74, 6) is 0.111. The van der Waals surface area contributed by atoms with E-state index in [0.29, 0.717) is 0 Å². The molecule has 0 atom stereocenters. The minimum Gasteiger partial charge on any atom is -0.354 e. The molecule has 1 aliphatic rings. The number of hydrogen-bond donors (Lipinski definition) is 2. The molecule has 0 bridgehead atoms. The van der Waals surface area contributed by atoms with Crippen molar-refractivity contribution < 1.29 is 4.79 Å². The highest BCUT2D eigenvalue weighted by Gasteiger charge is 2.32. The number of thioether (sulfide) groups is 1. The number of amides is 1. The zero-order chi connectivity index (χ0) is 16.2. The molecule has 2 N–H and O–H groups in total. The molecule has 0 unspecified atom stereocenters. The monoisotopic (exact) mass is 384 g/mol. The van der Waals surface area contributed by atoms with Crippen LogP contribution >= 0.6 is 27.7 Å². The molecule has 1 fully saturated rings. The Labute approximate surface area is 146 Å². The van der Waals surface area contributed by atoms with Crippen LogP contribution in [0.1, 0.15) is 33.6 Å². The summed E-state index contributed by atoms with van der Waals surface area (Å²) in [5, 5.41) is 6.54. The SMILES string of the molecule is CC1(CNC(=O)C(C)(C)Sc2ccc(Br)cc2)CCNCC1. The molecule has 1 aromatic rings. The third-order valence-electron chi connectivity index (χ3n) is 4.22. The van der Waals surface area contributed by atoms with Crippen LogP contribution in [0.5, 0.6) is 0 Å². The molecule has 22 heavy (non-hydrogen) atoms. The second kappa shape index (κ2) is 7.37. The molecule has 0 aromatic heterocycles. The number of carbonyl (C=O) groups excluding carboxylic acids is 1. The Morgan fingerprint density at radius 3 is 2.50 bits per heavy atom. The molecular weight excluding hydrogens is 360 g/mol. The molecule has 0 aliphatic carbocycles. The third kappa shape index (κ3) is 5.00. The van der Waals surface area contributed by atoms with Crippen LogP contribution in [0.25, 0.3) is 0 Å². The van der Waals surface area contributed by atoms with E-state index in [-0.39, 0.29) is 11.3 Å². The van der Waals surface area contributed by atoms with Crippen molar-refractivity contribution in [1.82, 2.24) is 10.6 Å². The van der Waals surface area contributed by atoms with Gasteiger partial charge < -0.3 is 10.6 Å². The number of piperidine rings is 1. The lowest BCUT2D eigenvalue weighted by Gasteiger charge is -2.35. The molecular formula is C17H25BrN2OS. The van der Waals surface area contributed by atoms with Crippen LogP contribution in [0.15, 0.2) is 33.6 Å². The molecule has 0 saturated carbocycles. The summed E-state index contributed by atoms with van der Waals surface area (Å²) in [6, 6.07) is 8.09. The number of carbonyl (C=O) groups is 1. The van der Waals surface area contributed by atoms with Crippen molar-refractivity contribution >= 4 is 33.6 Å². The number of rotatable bonds is 5. The zero-order valence-corrected chi connectivity index (χ0v) is 15.9. The largest absolute Gasteiger partial charge is 0.354 e. The Morgan fingerprint density at radius 2 is 1.91 bits per heavy atom. The lowest BCUT2D eigenvalue weighted by atomic mass is 9.81. The average molecular weight is 385 g/mol. The summed E-state index contributed by atoms with van der Waals surface area (Å²) in [4.78, 5) is 13.7. The number of benzene rings is 1. The molecule has 1 aliphatic heterocycles. The summed E-state index contributed by atoms with van der Waals surface area (Å²) in [6.45, 7) is 9.09. The van der Waals surface area contributed by atoms with Crippen molar-refractivity contribution in [1.29, 1.82) is 0 Å². The molecule has 0 radical (unpaired) electrons. The molecule has 3 nitrogen and oxygen atoms in total. The van der Waals surface area contributed by atoms with Crippen LogP contribution in [0.3, 0.4) is 0 Å². The van der Waals surface area contributed by atoms with E-state index in [1.807, 2.05) is 38.1 Å². The highest BCUT2D eigenvalue weighted by molar-refractivity contribution is 9.10. The maximum atomic E-state index is 12.6. The van der Waals surface area contributed by atoms with Crippen LogP contribution in [0.2, 0.25) is 0 Å².